The van der Waals surface area contributed by atoms with Crippen LogP contribution in [0, 0.1) is 47.3 Å². The number of fused-ring (bicyclic) bond motifs is 5. The molecule has 31 heteroatoms. The Bertz CT molecular complexity index is 4610. The van der Waals surface area contributed by atoms with Gasteiger partial charge in [0.15, 0.2) is 41.9 Å². The van der Waals surface area contributed by atoms with Crippen molar-refractivity contribution < 1.29 is 135 Å². The summed E-state index contributed by atoms with van der Waals surface area (Å²) < 4.78 is 127. The third kappa shape index (κ3) is 23.2. The van der Waals surface area contributed by atoms with Crippen LogP contribution in [0.25, 0.3) is 0 Å². The summed E-state index contributed by atoms with van der Waals surface area (Å²) in [5, 5.41) is 69.6. The summed E-state index contributed by atoms with van der Waals surface area (Å²) in [5.41, 5.74) is 1.61. The highest BCUT2D eigenvalue weighted by Crippen LogP contribution is 2.51. The Morgan fingerprint density at radius 2 is 0.934 bits per heavy atom. The molecule has 30 nitrogen and oxygen atoms in total. The summed E-state index contributed by atoms with van der Waals surface area (Å²) >= 11 is 1.89. The van der Waals surface area contributed by atoms with Gasteiger partial charge in [0.2, 0.25) is 0 Å². The number of hydrogen-bond donors (Lipinski definition) is 6. The lowest BCUT2D eigenvalue weighted by Crippen LogP contribution is -2.58. The second-order valence-corrected chi connectivity index (χ2v) is 42.5. The first kappa shape index (κ1) is 106. The van der Waals surface area contributed by atoms with Gasteiger partial charge in [0.05, 0.1) is 105 Å². The van der Waals surface area contributed by atoms with Crippen LogP contribution < -0.4 is 0 Å². The fraction of sp³-hybridized carbons (Fsp3) is 0.726. The molecule has 0 unspecified atom stereocenters. The molecule has 1 aromatic rings. The molecule has 9 saturated heterocycles. The second kappa shape index (κ2) is 45.4. The van der Waals surface area contributed by atoms with Gasteiger partial charge in [-0.2, -0.15) is 0 Å². The number of carbonyl (C=O) groups excluding carboxylic acids is 2. The minimum absolute atomic E-state index is 0.0313. The Kier molecular flexibility index (Phi) is 35.0. The summed E-state index contributed by atoms with van der Waals surface area (Å²) in [6.07, 6.45) is 16.1. The van der Waals surface area contributed by atoms with Crippen molar-refractivity contribution in [3.05, 3.63) is 154 Å². The van der Waals surface area contributed by atoms with Gasteiger partial charge in [-0.1, -0.05) is 177 Å². The van der Waals surface area contributed by atoms with E-state index in [2.05, 4.69) is 115 Å². The molecule has 0 amide bonds. The van der Waals surface area contributed by atoms with Crippen LogP contribution >= 0.6 is 11.8 Å². The normalized spacial score (nSPS) is 46.8. The van der Waals surface area contributed by atoms with Crippen molar-refractivity contribution in [2.24, 2.45) is 52.3 Å². The van der Waals surface area contributed by atoms with Gasteiger partial charge in [0.1, 0.15) is 84.1 Å². The monoisotopic (exact) mass is 1940 g/mol. The van der Waals surface area contributed by atoms with E-state index in [0.29, 0.717) is 92.5 Å². The predicted octanol–water partition coefficient (Wildman–Crippen LogP) is 12.5. The molecule has 2 spiro atoms. The molecule has 17 rings (SSSR count). The van der Waals surface area contributed by atoms with E-state index in [1.54, 1.807) is 80.4 Å². The van der Waals surface area contributed by atoms with Gasteiger partial charge in [-0.3, -0.25) is 14.6 Å². The molecule has 0 saturated carbocycles. The zero-order chi connectivity index (χ0) is 98.0. The summed E-state index contributed by atoms with van der Waals surface area (Å²) in [6, 6.07) is 10.9. The number of aliphatic hydroxyl groups is 6. The molecule has 2 aliphatic carbocycles. The molecule has 762 valence electrons. The van der Waals surface area contributed by atoms with E-state index >= 15 is 0 Å². The maximum absolute atomic E-state index is 14.3. The maximum atomic E-state index is 14.3. The van der Waals surface area contributed by atoms with Crippen molar-refractivity contribution in [1.82, 2.24) is 4.90 Å². The molecule has 40 atom stereocenters. The van der Waals surface area contributed by atoms with E-state index in [4.69, 9.17) is 99.7 Å². The van der Waals surface area contributed by atoms with E-state index < -0.39 is 182 Å². The average Bonchev–Trinajstić information content (AvgIpc) is 1.60. The smallest absolute Gasteiger partial charge is 0.316 e. The number of ether oxygens (including phenoxy) is 20. The second-order valence-electron chi connectivity index (χ2n) is 41.4. The molecule has 1 aromatic carbocycles. The Morgan fingerprint density at radius 1 is 0.511 bits per heavy atom. The van der Waals surface area contributed by atoms with Crippen LogP contribution in [0.4, 0.5) is 0 Å². The van der Waals surface area contributed by atoms with Crippen LogP contribution in [-0.4, -0.2) is 308 Å². The SMILES string of the molecule is CC[C@H](C)[C@H]1O[C@]2(C=C[C@@H]1C)C[C@@H]1C[C@@H](C/C=C(\C)[C@@H](O[C@H]3C[C@H](OC)[C@@H](O[C@H]4C[C@H](OC)[C@@H](O)[C@H](C)O4)[C@H](C)O3)[C@@H](C)/C=C/C=C3\CO[C@@H]4[C@H](O)C(C)=C[C@@H](C(=O)O1)[C@]34O)O2.CO[C@H]1C[C@H](O[C@H]2[C@H](C)O[C@@H](O[C@@H]3/C(C)=C/C[C@@H]4C[C@@H](C[C@]5(C=C[C@H](C)[C@@H](C(C)C)O5)O4)OC(=O)[C@@H]4C=C(C)[C@@H](O)[C@H]5OC/C(=C\C=C\[C@@H]3C)[C@]54O)C[C@@H]2OC)O[C@@H](C)[C@@H]1O.c1ccc([C@H]2CN3CCSC3=N2)cc1. The van der Waals surface area contributed by atoms with Crippen molar-refractivity contribution in [2.75, 3.05) is 60.5 Å². The molecule has 16 aliphatic rings. The van der Waals surface area contributed by atoms with Gasteiger partial charge < -0.3 is 130 Å². The number of carbonyl (C=O) groups is 2. The van der Waals surface area contributed by atoms with Crippen LogP contribution in [0.3, 0.4) is 0 Å². The van der Waals surface area contributed by atoms with Crippen LogP contribution in [0.1, 0.15) is 193 Å². The lowest BCUT2D eigenvalue weighted by molar-refractivity contribution is -0.318. The van der Waals surface area contributed by atoms with E-state index in [1.165, 1.54) is 23.0 Å². The van der Waals surface area contributed by atoms with Gasteiger partial charge in [-0.25, -0.2) is 0 Å². The number of esters is 2. The molecule has 0 aromatic heterocycles. The van der Waals surface area contributed by atoms with Crippen molar-refractivity contribution >= 4 is 28.9 Å². The van der Waals surface area contributed by atoms with E-state index in [0.717, 1.165) is 24.1 Å². The Hall–Kier alpha value is -5.58. The number of aliphatic imine (C=N–C) groups is 1. The van der Waals surface area contributed by atoms with Crippen LogP contribution in [0.15, 0.2) is 154 Å². The molecule has 6 N–H and O–H groups in total. The highest BCUT2D eigenvalue weighted by molar-refractivity contribution is 8.14. The van der Waals surface area contributed by atoms with Gasteiger partial charge in [0.25, 0.3) is 0 Å². The van der Waals surface area contributed by atoms with Gasteiger partial charge in [-0.05, 0) is 131 Å². The largest absolute Gasteiger partial charge is 0.462 e. The average molecular weight is 1940 g/mol. The van der Waals surface area contributed by atoms with Crippen LogP contribution in [-0.2, 0) is 104 Å². The maximum Gasteiger partial charge on any atom is 0.316 e. The summed E-state index contributed by atoms with van der Waals surface area (Å²) in [4.78, 5) is 35.8. The van der Waals surface area contributed by atoms with E-state index in [9.17, 15) is 40.2 Å². The first-order valence-electron chi connectivity index (χ1n) is 50.1. The number of thioether (sulfide) groups is 1. The highest BCUT2D eigenvalue weighted by Gasteiger charge is 2.63. The topological polar surface area (TPSA) is 356 Å². The Balaban J connectivity index is 0.000000181. The third-order valence-corrected chi connectivity index (χ3v) is 32.2. The van der Waals surface area contributed by atoms with Crippen LogP contribution in [0.2, 0.25) is 0 Å². The van der Waals surface area contributed by atoms with Crippen molar-refractivity contribution in [3.63, 3.8) is 0 Å². The minimum atomic E-state index is -1.84. The van der Waals surface area contributed by atoms with Crippen LogP contribution in [0.5, 0.6) is 0 Å². The standard InChI is InChI=1S/C48H72O14.C47H70O14.C11H12N2S/c1-11-25(2)43-28(5)17-18-47(62-43)23-34-20-33(61-47)16-15-27(4)42(26(3)13-12-14-32-24-55-45-40(49)29(6)19-35(46(51)58-34)48(32,45)52)59-39-22-37(54-10)44(31(8)57-39)60-38-21-36(53-9)41(50)30(7)56-38;1-24(2)41-27(5)16-17-46(61-41)22-33-19-32(60-46)15-14-26(4)42(25(3)12-11-13-31-23-54-44-39(48)28(6)18-34(45(50)57-33)47(31,44)51)58-38-21-36(53-10)43(30(8)56-38)59-37-20-35(52-9)40(49)29(7)55-37;1-2-4-9(5-3-1)10-8-13-6-7-14-11(13)12-10/h12-15,17-19,25-26,28,30-31,33-45,49-50,52H,11,16,20-24H2,1-10H3;11-14,16-18,24-25,27,29-30,32-44,48-49,51H,15,19-23H2,1-10H3;1-5,10H,6-8H2/b13-12+,27-15+,32-14+;12-11+,26-14+,31-13+;/t25-,26-,28-,30-,31-,33+,34-,35-,36-,37-,38-,39-,40+,41-,42-,43+,44-,45+,47+,48+;25-,27-,29-,30-,32+,33-,34-,35-,36-,37-,38-,39+,40-,41+,42-,43-,44+,46+,47+;10-/m001/s1. The molecular weight excluding hydrogens is 1780 g/mol. The minimum Gasteiger partial charge on any atom is -0.462 e. The first-order valence-corrected chi connectivity index (χ1v) is 51.1. The number of allylic oxidation sites excluding steroid dienone is 4. The number of methoxy groups -OCH3 is 4. The molecular formula is C106H154N2O28S. The van der Waals surface area contributed by atoms with Gasteiger partial charge >= 0.3 is 11.9 Å². The summed E-state index contributed by atoms with van der Waals surface area (Å²) in [5.74, 6) is -3.97. The molecule has 0 radical (unpaired) electrons. The molecule has 14 heterocycles. The zero-order valence-corrected chi connectivity index (χ0v) is 84.4. The number of aliphatic hydroxyl groups excluding tert-OH is 4. The molecule has 14 aliphatic heterocycles. The molecule has 4 bridgehead atoms. The Labute approximate surface area is 813 Å². The van der Waals surface area contributed by atoms with E-state index in [1.807, 2.05) is 75.9 Å². The van der Waals surface area contributed by atoms with Crippen molar-refractivity contribution in [1.29, 1.82) is 0 Å². The van der Waals surface area contributed by atoms with Gasteiger partial charge in [0, 0.05) is 122 Å². The number of nitrogens with zero attached hydrogens (tertiary/aromatic N) is 2. The predicted molar refractivity (Wildman–Crippen MR) is 511 cm³/mol. The third-order valence-electron chi connectivity index (χ3n) is 31.2. The fourth-order valence-corrected chi connectivity index (χ4v) is 24.0. The lowest BCUT2D eigenvalue weighted by atomic mass is 9.71. The number of benzene rings is 1. The summed E-state index contributed by atoms with van der Waals surface area (Å²) in [6.45, 7) is 34.3. The fourth-order valence-electron chi connectivity index (χ4n) is 23.0. The Morgan fingerprint density at radius 3 is 1.36 bits per heavy atom. The van der Waals surface area contributed by atoms with Gasteiger partial charge in [-0.15, -0.1) is 0 Å². The first-order chi connectivity index (χ1) is 65.4. The lowest BCUT2D eigenvalue weighted by Gasteiger charge is -2.48. The summed E-state index contributed by atoms with van der Waals surface area (Å²) in [7, 11) is 6.44. The number of rotatable bonds is 16. The zero-order valence-electron chi connectivity index (χ0n) is 83.6. The van der Waals surface area contributed by atoms with Crippen molar-refractivity contribution in [2.45, 2.75) is 382 Å². The van der Waals surface area contributed by atoms with Crippen molar-refractivity contribution in [3.8, 4) is 0 Å². The quantitative estimate of drug-likeness (QED) is 0.0661. The number of hydrogen-bond acceptors (Lipinski definition) is 31. The highest BCUT2D eigenvalue weighted by atomic mass is 32.2. The van der Waals surface area contributed by atoms with E-state index in [-0.39, 0.29) is 85.3 Å². The molecule has 137 heavy (non-hydrogen) atoms. The molecule has 9 fully saturated rings. The number of amidine groups is 1.